The number of benzene rings is 1. The Hall–Kier alpha value is -1.88. The van der Waals surface area contributed by atoms with Crippen molar-refractivity contribution in [3.05, 3.63) is 42.0 Å². The Morgan fingerprint density at radius 3 is 2.35 bits per heavy atom. The summed E-state index contributed by atoms with van der Waals surface area (Å²) in [5, 5.41) is 3.52. The Morgan fingerprint density at radius 2 is 1.74 bits per heavy atom. The largest absolute Gasteiger partial charge is 0.367 e. The van der Waals surface area contributed by atoms with E-state index in [0.717, 1.165) is 22.6 Å². The molecular formula is C18H22N2O2S. The first-order valence-corrected chi connectivity index (χ1v) is 9.87. The fourth-order valence-corrected chi connectivity index (χ4v) is 3.67. The first-order valence-electron chi connectivity index (χ1n) is 7.97. The molecule has 122 valence electrons. The topological polar surface area (TPSA) is 59.1 Å². The summed E-state index contributed by atoms with van der Waals surface area (Å²) in [6.07, 6.45) is 6.19. The maximum absolute atomic E-state index is 11.6. The normalized spacial score (nSPS) is 15.7. The fourth-order valence-electron chi connectivity index (χ4n) is 3.04. The molecule has 0 unspecified atom stereocenters. The van der Waals surface area contributed by atoms with E-state index in [9.17, 15) is 8.42 Å². The van der Waals surface area contributed by atoms with Gasteiger partial charge in [-0.05, 0) is 49.6 Å². The van der Waals surface area contributed by atoms with Crippen molar-refractivity contribution >= 4 is 15.7 Å². The zero-order valence-electron chi connectivity index (χ0n) is 13.5. The van der Waals surface area contributed by atoms with Crippen LogP contribution in [-0.2, 0) is 9.84 Å². The van der Waals surface area contributed by atoms with E-state index >= 15 is 0 Å². The molecule has 1 fully saturated rings. The lowest BCUT2D eigenvalue weighted by Gasteiger charge is -2.14. The third-order valence-electron chi connectivity index (χ3n) is 4.26. The van der Waals surface area contributed by atoms with Gasteiger partial charge in [-0.1, -0.05) is 25.0 Å². The number of sulfone groups is 1. The molecule has 0 radical (unpaired) electrons. The molecule has 2 aromatic rings. The van der Waals surface area contributed by atoms with Crippen molar-refractivity contribution < 1.29 is 8.42 Å². The molecule has 0 bridgehead atoms. The zero-order valence-corrected chi connectivity index (χ0v) is 14.4. The van der Waals surface area contributed by atoms with Gasteiger partial charge in [-0.2, -0.15) is 0 Å². The van der Waals surface area contributed by atoms with Crippen molar-refractivity contribution in [2.75, 3.05) is 11.6 Å². The standard InChI is InChI=1S/C18H22N2O2S/c1-13-11-17(14-7-9-16(10-8-14)23(2,21)22)20-18(12-13)19-15-5-3-4-6-15/h7-12,15H,3-6H2,1-2H3,(H,19,20). The Kier molecular flexibility index (Phi) is 4.39. The molecule has 1 aromatic heterocycles. The average Bonchev–Trinajstić information content (AvgIpc) is 2.99. The Labute approximate surface area is 137 Å². The van der Waals surface area contributed by atoms with E-state index in [1.165, 1.54) is 31.9 Å². The number of anilines is 1. The highest BCUT2D eigenvalue weighted by Crippen LogP contribution is 2.25. The van der Waals surface area contributed by atoms with Crippen molar-refractivity contribution in [1.82, 2.24) is 4.98 Å². The third-order valence-corrected chi connectivity index (χ3v) is 5.38. The number of aryl methyl sites for hydroxylation is 1. The molecule has 1 heterocycles. The van der Waals surface area contributed by atoms with Crippen LogP contribution in [0.3, 0.4) is 0 Å². The number of aromatic nitrogens is 1. The van der Waals surface area contributed by atoms with Gasteiger partial charge in [-0.15, -0.1) is 0 Å². The molecule has 0 atom stereocenters. The molecule has 1 aromatic carbocycles. The van der Waals surface area contributed by atoms with Gasteiger partial charge in [0.25, 0.3) is 0 Å². The third kappa shape index (κ3) is 3.91. The molecule has 0 saturated heterocycles. The number of nitrogens with one attached hydrogen (secondary N) is 1. The smallest absolute Gasteiger partial charge is 0.175 e. The number of hydrogen-bond acceptors (Lipinski definition) is 4. The maximum Gasteiger partial charge on any atom is 0.175 e. The minimum Gasteiger partial charge on any atom is -0.367 e. The monoisotopic (exact) mass is 330 g/mol. The van der Waals surface area contributed by atoms with E-state index in [1.807, 2.05) is 18.2 Å². The van der Waals surface area contributed by atoms with Crippen LogP contribution in [0, 0.1) is 6.92 Å². The highest BCUT2D eigenvalue weighted by atomic mass is 32.2. The minimum atomic E-state index is -3.17. The maximum atomic E-state index is 11.6. The molecule has 1 aliphatic rings. The van der Waals surface area contributed by atoms with Crippen LogP contribution >= 0.6 is 0 Å². The summed E-state index contributed by atoms with van der Waals surface area (Å²) in [4.78, 5) is 5.03. The highest BCUT2D eigenvalue weighted by molar-refractivity contribution is 7.90. The van der Waals surface area contributed by atoms with Gasteiger partial charge in [0.05, 0.1) is 10.6 Å². The Bertz CT molecular complexity index is 792. The van der Waals surface area contributed by atoms with Crippen LogP contribution in [0.15, 0.2) is 41.3 Å². The van der Waals surface area contributed by atoms with Gasteiger partial charge in [0, 0.05) is 17.9 Å². The van der Waals surface area contributed by atoms with Crippen LogP contribution < -0.4 is 5.32 Å². The van der Waals surface area contributed by atoms with Crippen LogP contribution in [0.2, 0.25) is 0 Å². The van der Waals surface area contributed by atoms with Crippen LogP contribution in [-0.4, -0.2) is 25.7 Å². The number of nitrogens with zero attached hydrogens (tertiary/aromatic N) is 1. The second kappa shape index (κ2) is 6.32. The predicted molar refractivity (Wildman–Crippen MR) is 93.4 cm³/mol. The lowest BCUT2D eigenvalue weighted by Crippen LogP contribution is -2.15. The first kappa shape index (κ1) is 16.0. The molecule has 1 aliphatic carbocycles. The Balaban J connectivity index is 1.88. The van der Waals surface area contributed by atoms with E-state index in [4.69, 9.17) is 4.98 Å². The van der Waals surface area contributed by atoms with Gasteiger partial charge >= 0.3 is 0 Å². The van der Waals surface area contributed by atoms with E-state index in [2.05, 4.69) is 18.3 Å². The fraction of sp³-hybridized carbons (Fsp3) is 0.389. The zero-order chi connectivity index (χ0) is 16.4. The molecule has 0 aliphatic heterocycles. The summed E-state index contributed by atoms with van der Waals surface area (Å²) in [6, 6.07) is 11.5. The number of pyridine rings is 1. The van der Waals surface area contributed by atoms with Crippen molar-refractivity contribution in [3.8, 4) is 11.3 Å². The summed E-state index contributed by atoms with van der Waals surface area (Å²) >= 11 is 0. The summed E-state index contributed by atoms with van der Waals surface area (Å²) in [5.74, 6) is 0.902. The van der Waals surface area contributed by atoms with Gasteiger partial charge in [0.1, 0.15) is 5.82 Å². The molecule has 3 rings (SSSR count). The minimum absolute atomic E-state index is 0.332. The second-order valence-electron chi connectivity index (χ2n) is 6.34. The van der Waals surface area contributed by atoms with Crippen LogP contribution in [0.25, 0.3) is 11.3 Å². The number of rotatable bonds is 4. The molecular weight excluding hydrogens is 308 g/mol. The SMILES string of the molecule is Cc1cc(NC2CCCC2)nc(-c2ccc(S(C)(=O)=O)cc2)c1. The quantitative estimate of drug-likeness (QED) is 0.926. The van der Waals surface area contributed by atoms with Gasteiger partial charge < -0.3 is 5.32 Å². The summed E-state index contributed by atoms with van der Waals surface area (Å²) in [5.41, 5.74) is 2.93. The van der Waals surface area contributed by atoms with Gasteiger partial charge in [-0.25, -0.2) is 13.4 Å². The highest BCUT2D eigenvalue weighted by Gasteiger charge is 2.15. The molecule has 23 heavy (non-hydrogen) atoms. The summed E-state index contributed by atoms with van der Waals surface area (Å²) < 4.78 is 23.1. The van der Waals surface area contributed by atoms with Gasteiger partial charge in [-0.3, -0.25) is 0 Å². The van der Waals surface area contributed by atoms with Crippen LogP contribution in [0.1, 0.15) is 31.2 Å². The first-order chi connectivity index (χ1) is 10.9. The molecule has 4 nitrogen and oxygen atoms in total. The summed E-state index contributed by atoms with van der Waals surface area (Å²) in [7, 11) is -3.17. The molecule has 1 N–H and O–H groups in total. The van der Waals surface area contributed by atoms with E-state index in [0.29, 0.717) is 10.9 Å². The molecule has 5 heteroatoms. The van der Waals surface area contributed by atoms with Crippen molar-refractivity contribution in [2.24, 2.45) is 0 Å². The van der Waals surface area contributed by atoms with Crippen molar-refractivity contribution in [1.29, 1.82) is 0 Å². The summed E-state index contributed by atoms with van der Waals surface area (Å²) in [6.45, 7) is 2.05. The Morgan fingerprint density at radius 1 is 1.09 bits per heavy atom. The lowest BCUT2D eigenvalue weighted by molar-refractivity contribution is 0.602. The second-order valence-corrected chi connectivity index (χ2v) is 8.35. The van der Waals surface area contributed by atoms with Gasteiger partial charge in [0.15, 0.2) is 9.84 Å². The molecule has 1 saturated carbocycles. The van der Waals surface area contributed by atoms with Crippen LogP contribution in [0.4, 0.5) is 5.82 Å². The van der Waals surface area contributed by atoms with Crippen LogP contribution in [0.5, 0.6) is 0 Å². The van der Waals surface area contributed by atoms with Crippen molar-refractivity contribution in [2.45, 2.75) is 43.5 Å². The molecule has 0 spiro atoms. The average molecular weight is 330 g/mol. The lowest BCUT2D eigenvalue weighted by atomic mass is 10.1. The molecule has 0 amide bonds. The van der Waals surface area contributed by atoms with Crippen molar-refractivity contribution in [3.63, 3.8) is 0 Å². The van der Waals surface area contributed by atoms with E-state index in [1.54, 1.807) is 12.1 Å². The number of hydrogen-bond donors (Lipinski definition) is 1. The predicted octanol–water partition coefficient (Wildman–Crippen LogP) is 3.82. The van der Waals surface area contributed by atoms with Gasteiger partial charge in [0.2, 0.25) is 0 Å². The van der Waals surface area contributed by atoms with E-state index < -0.39 is 9.84 Å². The van der Waals surface area contributed by atoms with E-state index in [-0.39, 0.29) is 0 Å².